The SMILES string of the molecule is CC[C@H](CNC(=O)[C@@H](C)OC(=O)c1ccc(Cl)nc1)c1ccccc1. The van der Waals surface area contributed by atoms with E-state index in [0.29, 0.717) is 6.54 Å². The van der Waals surface area contributed by atoms with Gasteiger partial charge in [-0.1, -0.05) is 48.9 Å². The second-order valence-electron chi connectivity index (χ2n) is 5.68. The number of carbonyl (C=O) groups excluding carboxylic acids is 2. The lowest BCUT2D eigenvalue weighted by Crippen LogP contribution is -2.38. The summed E-state index contributed by atoms with van der Waals surface area (Å²) in [6.45, 7) is 4.10. The van der Waals surface area contributed by atoms with Gasteiger partial charge in [-0.2, -0.15) is 0 Å². The number of hydrogen-bond donors (Lipinski definition) is 1. The summed E-state index contributed by atoms with van der Waals surface area (Å²) < 4.78 is 5.18. The molecule has 1 amide bonds. The number of esters is 1. The van der Waals surface area contributed by atoms with Crippen molar-refractivity contribution in [1.82, 2.24) is 10.3 Å². The third-order valence-electron chi connectivity index (χ3n) is 3.90. The lowest BCUT2D eigenvalue weighted by atomic mass is 9.96. The third kappa shape index (κ3) is 5.57. The van der Waals surface area contributed by atoms with Gasteiger partial charge in [0.05, 0.1) is 5.56 Å². The molecule has 2 rings (SSSR count). The minimum absolute atomic E-state index is 0.216. The molecule has 0 aliphatic rings. The highest BCUT2D eigenvalue weighted by atomic mass is 35.5. The number of benzene rings is 1. The van der Waals surface area contributed by atoms with Crippen LogP contribution < -0.4 is 5.32 Å². The van der Waals surface area contributed by atoms with Crippen molar-refractivity contribution in [1.29, 1.82) is 0 Å². The fraction of sp³-hybridized carbons (Fsp3) is 0.316. The number of carbonyl (C=O) groups is 2. The highest BCUT2D eigenvalue weighted by molar-refractivity contribution is 6.29. The lowest BCUT2D eigenvalue weighted by molar-refractivity contribution is -0.129. The van der Waals surface area contributed by atoms with Crippen molar-refractivity contribution in [2.24, 2.45) is 0 Å². The Balaban J connectivity index is 1.87. The van der Waals surface area contributed by atoms with Gasteiger partial charge < -0.3 is 10.1 Å². The fourth-order valence-electron chi connectivity index (χ4n) is 2.37. The molecule has 2 atom stereocenters. The van der Waals surface area contributed by atoms with Crippen LogP contribution in [0.25, 0.3) is 0 Å². The van der Waals surface area contributed by atoms with Crippen molar-refractivity contribution in [3.05, 3.63) is 64.9 Å². The maximum absolute atomic E-state index is 12.2. The van der Waals surface area contributed by atoms with Gasteiger partial charge in [0.25, 0.3) is 5.91 Å². The highest BCUT2D eigenvalue weighted by Crippen LogP contribution is 2.18. The minimum Gasteiger partial charge on any atom is -0.449 e. The van der Waals surface area contributed by atoms with E-state index < -0.39 is 12.1 Å². The molecule has 5 nitrogen and oxygen atoms in total. The maximum Gasteiger partial charge on any atom is 0.340 e. The van der Waals surface area contributed by atoms with Crippen LogP contribution >= 0.6 is 11.6 Å². The first-order valence-corrected chi connectivity index (χ1v) is 8.54. The number of nitrogens with zero attached hydrogens (tertiary/aromatic N) is 1. The number of pyridine rings is 1. The second-order valence-corrected chi connectivity index (χ2v) is 6.07. The molecule has 0 unspecified atom stereocenters. The summed E-state index contributed by atoms with van der Waals surface area (Å²) in [5, 5.41) is 3.13. The molecule has 0 radical (unpaired) electrons. The molecule has 0 spiro atoms. The second kappa shape index (κ2) is 9.18. The van der Waals surface area contributed by atoms with Crippen LogP contribution in [-0.2, 0) is 9.53 Å². The van der Waals surface area contributed by atoms with E-state index in [1.54, 1.807) is 6.92 Å². The van der Waals surface area contributed by atoms with Crippen LogP contribution in [0.2, 0.25) is 5.15 Å². The quantitative estimate of drug-likeness (QED) is 0.605. The Hall–Kier alpha value is -2.40. The zero-order chi connectivity index (χ0) is 18.2. The number of nitrogens with one attached hydrogen (secondary N) is 1. The van der Waals surface area contributed by atoms with Crippen molar-refractivity contribution in [3.63, 3.8) is 0 Å². The molecule has 1 aromatic carbocycles. The van der Waals surface area contributed by atoms with Crippen LogP contribution in [0, 0.1) is 0 Å². The summed E-state index contributed by atoms with van der Waals surface area (Å²) in [4.78, 5) is 28.0. The van der Waals surface area contributed by atoms with E-state index in [9.17, 15) is 9.59 Å². The smallest absolute Gasteiger partial charge is 0.340 e. The molecule has 0 bridgehead atoms. The molecule has 0 aliphatic heterocycles. The predicted octanol–water partition coefficient (Wildman–Crippen LogP) is 3.59. The fourth-order valence-corrected chi connectivity index (χ4v) is 2.48. The van der Waals surface area contributed by atoms with Crippen LogP contribution in [0.4, 0.5) is 0 Å². The van der Waals surface area contributed by atoms with E-state index in [2.05, 4.69) is 17.2 Å². The number of halogens is 1. The number of ether oxygens (including phenoxy) is 1. The molecular formula is C19H21ClN2O3. The van der Waals surface area contributed by atoms with Gasteiger partial charge in [-0.3, -0.25) is 4.79 Å². The molecule has 1 heterocycles. The first-order valence-electron chi connectivity index (χ1n) is 8.16. The summed E-state index contributed by atoms with van der Waals surface area (Å²) >= 11 is 5.68. The van der Waals surface area contributed by atoms with E-state index in [1.165, 1.54) is 23.9 Å². The van der Waals surface area contributed by atoms with Gasteiger partial charge in [0.1, 0.15) is 5.15 Å². The van der Waals surface area contributed by atoms with E-state index >= 15 is 0 Å². The summed E-state index contributed by atoms with van der Waals surface area (Å²) in [5.74, 6) is -0.722. The summed E-state index contributed by atoms with van der Waals surface area (Å²) in [6, 6.07) is 13.0. The molecule has 132 valence electrons. The van der Waals surface area contributed by atoms with Gasteiger partial charge in [0.15, 0.2) is 6.10 Å². The van der Waals surface area contributed by atoms with Gasteiger partial charge in [-0.05, 0) is 31.0 Å². The Bertz CT molecular complexity index is 704. The van der Waals surface area contributed by atoms with Crippen LogP contribution in [-0.4, -0.2) is 29.5 Å². The molecule has 1 N–H and O–H groups in total. The van der Waals surface area contributed by atoms with Crippen LogP contribution in [0.3, 0.4) is 0 Å². The Morgan fingerprint density at radius 3 is 2.52 bits per heavy atom. The zero-order valence-electron chi connectivity index (χ0n) is 14.2. The molecule has 6 heteroatoms. The molecule has 0 fully saturated rings. The van der Waals surface area contributed by atoms with Crippen molar-refractivity contribution in [3.8, 4) is 0 Å². The summed E-state index contributed by atoms with van der Waals surface area (Å²) in [7, 11) is 0. The number of hydrogen-bond acceptors (Lipinski definition) is 4. The topological polar surface area (TPSA) is 68.3 Å². The van der Waals surface area contributed by atoms with Gasteiger partial charge >= 0.3 is 5.97 Å². The van der Waals surface area contributed by atoms with Crippen molar-refractivity contribution in [2.75, 3.05) is 6.54 Å². The van der Waals surface area contributed by atoms with E-state index in [-0.39, 0.29) is 22.5 Å². The van der Waals surface area contributed by atoms with Crippen molar-refractivity contribution < 1.29 is 14.3 Å². The average molecular weight is 361 g/mol. The standard InChI is InChI=1S/C19H21ClN2O3/c1-3-14(15-7-5-4-6-8-15)11-22-18(23)13(2)25-19(24)16-9-10-17(20)21-12-16/h4-10,12-14H,3,11H2,1-2H3,(H,22,23)/t13-,14-/m1/s1. The largest absolute Gasteiger partial charge is 0.449 e. The van der Waals surface area contributed by atoms with Gasteiger partial charge in [0, 0.05) is 18.7 Å². The number of aromatic nitrogens is 1. The average Bonchev–Trinajstić information content (AvgIpc) is 2.63. The third-order valence-corrected chi connectivity index (χ3v) is 4.13. The van der Waals surface area contributed by atoms with Crippen molar-refractivity contribution >= 4 is 23.5 Å². The molecular weight excluding hydrogens is 340 g/mol. The first-order chi connectivity index (χ1) is 12.0. The van der Waals surface area contributed by atoms with Gasteiger partial charge in [-0.15, -0.1) is 0 Å². The Morgan fingerprint density at radius 1 is 1.20 bits per heavy atom. The molecule has 2 aromatic rings. The van der Waals surface area contributed by atoms with Crippen LogP contribution in [0.15, 0.2) is 48.7 Å². The molecule has 0 saturated carbocycles. The van der Waals surface area contributed by atoms with Gasteiger partial charge in [-0.25, -0.2) is 9.78 Å². The minimum atomic E-state index is -0.892. The first kappa shape index (κ1) is 18.9. The highest BCUT2D eigenvalue weighted by Gasteiger charge is 2.20. The number of amides is 1. The van der Waals surface area contributed by atoms with Gasteiger partial charge in [0.2, 0.25) is 0 Å². The Labute approximate surface area is 152 Å². The maximum atomic E-state index is 12.2. The van der Waals surface area contributed by atoms with E-state index in [4.69, 9.17) is 16.3 Å². The lowest BCUT2D eigenvalue weighted by Gasteiger charge is -2.18. The molecule has 1 aromatic heterocycles. The summed E-state index contributed by atoms with van der Waals surface area (Å²) in [5.41, 5.74) is 1.42. The molecule has 0 saturated heterocycles. The normalized spacial score (nSPS) is 12.9. The zero-order valence-corrected chi connectivity index (χ0v) is 15.0. The Morgan fingerprint density at radius 2 is 1.92 bits per heavy atom. The van der Waals surface area contributed by atoms with E-state index in [1.807, 2.05) is 30.3 Å². The number of rotatable bonds is 7. The molecule has 25 heavy (non-hydrogen) atoms. The Kier molecular flexibility index (Phi) is 6.95. The van der Waals surface area contributed by atoms with Crippen LogP contribution in [0.1, 0.15) is 42.1 Å². The monoisotopic (exact) mass is 360 g/mol. The summed E-state index contributed by atoms with van der Waals surface area (Å²) in [6.07, 6.45) is 1.32. The van der Waals surface area contributed by atoms with E-state index in [0.717, 1.165) is 6.42 Å². The predicted molar refractivity (Wildman–Crippen MR) is 96.6 cm³/mol. The van der Waals surface area contributed by atoms with Crippen LogP contribution in [0.5, 0.6) is 0 Å². The molecule has 0 aliphatic carbocycles. The van der Waals surface area contributed by atoms with Crippen molar-refractivity contribution in [2.45, 2.75) is 32.3 Å².